The summed E-state index contributed by atoms with van der Waals surface area (Å²) in [6, 6.07) is 8.82. The number of carbonyl (C=O) groups is 1. The van der Waals surface area contributed by atoms with Crippen LogP contribution in [0.25, 0.3) is 5.69 Å². The molecule has 138 valence electrons. The summed E-state index contributed by atoms with van der Waals surface area (Å²) in [6.45, 7) is 0. The summed E-state index contributed by atoms with van der Waals surface area (Å²) in [6.07, 6.45) is 10.6. The van der Waals surface area contributed by atoms with Gasteiger partial charge >= 0.3 is 0 Å². The summed E-state index contributed by atoms with van der Waals surface area (Å²) in [4.78, 5) is 16.3. The van der Waals surface area contributed by atoms with E-state index in [1.807, 2.05) is 18.2 Å². The van der Waals surface area contributed by atoms with Crippen molar-refractivity contribution in [2.24, 2.45) is 0 Å². The van der Waals surface area contributed by atoms with Crippen LogP contribution in [0, 0.1) is 0 Å². The van der Waals surface area contributed by atoms with Crippen molar-refractivity contribution in [3.8, 4) is 11.4 Å². The lowest BCUT2D eigenvalue weighted by Crippen LogP contribution is -2.20. The van der Waals surface area contributed by atoms with Crippen molar-refractivity contribution in [2.75, 3.05) is 5.32 Å². The zero-order valence-electron chi connectivity index (χ0n) is 14.8. The quantitative estimate of drug-likeness (QED) is 0.748. The van der Waals surface area contributed by atoms with Crippen LogP contribution in [0.4, 0.5) is 5.69 Å². The van der Waals surface area contributed by atoms with Gasteiger partial charge in [-0.1, -0.05) is 6.42 Å². The molecule has 0 aliphatic heterocycles. The fourth-order valence-corrected chi connectivity index (χ4v) is 3.21. The molecular weight excluding hydrogens is 344 g/mol. The van der Waals surface area contributed by atoms with Crippen LogP contribution in [0.1, 0.15) is 42.5 Å². The first-order chi connectivity index (χ1) is 13.3. The molecule has 1 N–H and O–H groups in total. The van der Waals surface area contributed by atoms with E-state index in [1.165, 1.54) is 25.6 Å². The van der Waals surface area contributed by atoms with Crippen molar-refractivity contribution < 1.29 is 9.53 Å². The van der Waals surface area contributed by atoms with Gasteiger partial charge in [0, 0.05) is 23.6 Å². The van der Waals surface area contributed by atoms with Crippen LogP contribution < -0.4 is 10.1 Å². The summed E-state index contributed by atoms with van der Waals surface area (Å²) in [5.74, 6) is 0.497. The van der Waals surface area contributed by atoms with Gasteiger partial charge in [-0.3, -0.25) is 9.78 Å². The van der Waals surface area contributed by atoms with Crippen molar-refractivity contribution in [1.29, 1.82) is 0 Å². The van der Waals surface area contributed by atoms with E-state index in [2.05, 4.69) is 25.8 Å². The van der Waals surface area contributed by atoms with Crippen LogP contribution in [-0.2, 0) is 0 Å². The van der Waals surface area contributed by atoms with Gasteiger partial charge in [0.2, 0.25) is 0 Å². The van der Waals surface area contributed by atoms with Gasteiger partial charge in [0.25, 0.3) is 5.91 Å². The Bertz CT molecular complexity index is 892. The number of hydrogen-bond donors (Lipinski definition) is 1. The summed E-state index contributed by atoms with van der Waals surface area (Å²) in [7, 11) is 0. The number of amides is 1. The minimum atomic E-state index is -0.207. The minimum Gasteiger partial charge on any atom is -0.488 e. The number of tetrazole rings is 1. The molecule has 0 bridgehead atoms. The monoisotopic (exact) mass is 364 g/mol. The molecule has 27 heavy (non-hydrogen) atoms. The van der Waals surface area contributed by atoms with E-state index in [-0.39, 0.29) is 12.0 Å². The smallest absolute Gasteiger partial charge is 0.255 e. The van der Waals surface area contributed by atoms with E-state index < -0.39 is 0 Å². The van der Waals surface area contributed by atoms with Crippen molar-refractivity contribution in [3.63, 3.8) is 0 Å². The average molecular weight is 364 g/mol. The molecule has 8 heteroatoms. The fraction of sp³-hybridized carbons (Fsp3) is 0.316. The molecule has 2 aromatic heterocycles. The Hall–Kier alpha value is -3.29. The number of nitrogens with one attached hydrogen (secondary N) is 1. The number of carbonyl (C=O) groups excluding carboxylic acids is 1. The van der Waals surface area contributed by atoms with Crippen LogP contribution in [-0.4, -0.2) is 37.2 Å². The first kappa shape index (κ1) is 17.1. The van der Waals surface area contributed by atoms with Crippen molar-refractivity contribution >= 4 is 11.6 Å². The van der Waals surface area contributed by atoms with Crippen molar-refractivity contribution in [1.82, 2.24) is 25.2 Å². The maximum absolute atomic E-state index is 12.4. The van der Waals surface area contributed by atoms with Gasteiger partial charge in [-0.2, -0.15) is 4.68 Å². The van der Waals surface area contributed by atoms with Crippen LogP contribution in [0.2, 0.25) is 0 Å². The van der Waals surface area contributed by atoms with E-state index in [0.717, 1.165) is 12.8 Å². The molecule has 1 aliphatic carbocycles. The van der Waals surface area contributed by atoms with E-state index in [4.69, 9.17) is 4.74 Å². The molecule has 3 aromatic rings. The van der Waals surface area contributed by atoms with Crippen molar-refractivity contribution in [2.45, 2.75) is 38.2 Å². The van der Waals surface area contributed by atoms with Crippen LogP contribution in [0.15, 0.2) is 49.1 Å². The number of rotatable bonds is 5. The van der Waals surface area contributed by atoms with Crippen LogP contribution in [0.3, 0.4) is 0 Å². The first-order valence-electron chi connectivity index (χ1n) is 9.05. The van der Waals surface area contributed by atoms with E-state index in [1.54, 1.807) is 29.2 Å². The van der Waals surface area contributed by atoms with Gasteiger partial charge in [-0.05, 0) is 66.4 Å². The molecule has 1 aromatic carbocycles. The Kier molecular flexibility index (Phi) is 5.04. The molecule has 0 spiro atoms. The SMILES string of the molecule is O=C(Nc1ccc(OC2CCCCC2)c(-n2cnnn2)c1)c1ccncc1. The number of ether oxygens (including phenoxy) is 1. The second-order valence-electron chi connectivity index (χ2n) is 6.50. The zero-order valence-corrected chi connectivity index (χ0v) is 14.8. The number of anilines is 1. The van der Waals surface area contributed by atoms with Gasteiger partial charge in [0.1, 0.15) is 17.8 Å². The Balaban J connectivity index is 1.59. The third-order valence-corrected chi connectivity index (χ3v) is 4.60. The highest BCUT2D eigenvalue weighted by Gasteiger charge is 2.18. The maximum Gasteiger partial charge on any atom is 0.255 e. The third-order valence-electron chi connectivity index (χ3n) is 4.60. The normalized spacial score (nSPS) is 14.7. The molecule has 1 aliphatic rings. The summed E-state index contributed by atoms with van der Waals surface area (Å²) < 4.78 is 7.76. The minimum absolute atomic E-state index is 0.200. The van der Waals surface area contributed by atoms with E-state index in [9.17, 15) is 4.79 Å². The summed E-state index contributed by atoms with van der Waals surface area (Å²) >= 11 is 0. The average Bonchev–Trinajstić information content (AvgIpc) is 3.25. The molecule has 1 saturated carbocycles. The van der Waals surface area contributed by atoms with Crippen LogP contribution in [0.5, 0.6) is 5.75 Å². The second-order valence-corrected chi connectivity index (χ2v) is 6.50. The largest absolute Gasteiger partial charge is 0.488 e. The molecule has 0 unspecified atom stereocenters. The number of aromatic nitrogens is 5. The first-order valence-corrected chi connectivity index (χ1v) is 9.05. The predicted octanol–water partition coefficient (Wildman–Crippen LogP) is 3.02. The zero-order chi connectivity index (χ0) is 18.5. The second kappa shape index (κ2) is 7.94. The predicted molar refractivity (Wildman–Crippen MR) is 98.8 cm³/mol. The van der Waals surface area contributed by atoms with E-state index >= 15 is 0 Å². The lowest BCUT2D eigenvalue weighted by Gasteiger charge is -2.24. The highest BCUT2D eigenvalue weighted by molar-refractivity contribution is 6.04. The van der Waals surface area contributed by atoms with Gasteiger partial charge in [0.05, 0.1) is 6.10 Å². The van der Waals surface area contributed by atoms with Gasteiger partial charge in [-0.15, -0.1) is 5.10 Å². The highest BCUT2D eigenvalue weighted by atomic mass is 16.5. The topological polar surface area (TPSA) is 94.8 Å². The molecule has 8 nitrogen and oxygen atoms in total. The highest BCUT2D eigenvalue weighted by Crippen LogP contribution is 2.30. The summed E-state index contributed by atoms with van der Waals surface area (Å²) in [5.41, 5.74) is 1.87. The lowest BCUT2D eigenvalue weighted by molar-refractivity contribution is 0.102. The summed E-state index contributed by atoms with van der Waals surface area (Å²) in [5, 5.41) is 14.3. The molecule has 0 atom stereocenters. The van der Waals surface area contributed by atoms with Crippen molar-refractivity contribution in [3.05, 3.63) is 54.6 Å². The fourth-order valence-electron chi connectivity index (χ4n) is 3.21. The molecule has 4 rings (SSSR count). The molecular formula is C19H20N6O2. The maximum atomic E-state index is 12.4. The molecule has 1 amide bonds. The van der Waals surface area contributed by atoms with E-state index in [0.29, 0.717) is 22.7 Å². The Morgan fingerprint density at radius 2 is 1.93 bits per heavy atom. The molecule has 0 saturated heterocycles. The molecule has 1 fully saturated rings. The number of nitrogens with zero attached hydrogens (tertiary/aromatic N) is 5. The number of pyridine rings is 1. The van der Waals surface area contributed by atoms with Gasteiger partial charge in [-0.25, -0.2) is 0 Å². The number of benzene rings is 1. The van der Waals surface area contributed by atoms with Gasteiger partial charge in [0.15, 0.2) is 0 Å². The number of hydrogen-bond acceptors (Lipinski definition) is 6. The molecule has 2 heterocycles. The molecule has 0 radical (unpaired) electrons. The Morgan fingerprint density at radius 3 is 2.67 bits per heavy atom. The Morgan fingerprint density at radius 1 is 1.11 bits per heavy atom. The van der Waals surface area contributed by atoms with Crippen LogP contribution >= 0.6 is 0 Å². The Labute approximate surface area is 156 Å². The standard InChI is InChI=1S/C19H20N6O2/c26-19(14-8-10-20-11-9-14)22-15-6-7-18(27-16-4-2-1-3-5-16)17(12-15)25-13-21-23-24-25/h6-13,16H,1-5H2,(H,22,26). The third kappa shape index (κ3) is 4.11. The van der Waals surface area contributed by atoms with Gasteiger partial charge < -0.3 is 10.1 Å². The lowest BCUT2D eigenvalue weighted by atomic mass is 9.98.